The number of rotatable bonds is 10. The third kappa shape index (κ3) is 9.01. The fraction of sp³-hybridized carbons (Fsp3) is 0.233. The minimum Gasteiger partial charge on any atom is -0.443 e. The van der Waals surface area contributed by atoms with Crippen LogP contribution in [-0.4, -0.2) is 53.9 Å². The van der Waals surface area contributed by atoms with Crippen molar-refractivity contribution < 1.29 is 28.7 Å². The first-order valence-electron chi connectivity index (χ1n) is 13.0. The molecule has 212 valence electrons. The summed E-state index contributed by atoms with van der Waals surface area (Å²) in [5.41, 5.74) is 11.5. The topological polar surface area (TPSA) is 152 Å². The van der Waals surface area contributed by atoms with E-state index in [9.17, 15) is 19.2 Å². The molecule has 0 spiro atoms. The maximum absolute atomic E-state index is 12.8. The Morgan fingerprint density at radius 3 is 2.24 bits per heavy atom. The van der Waals surface area contributed by atoms with Gasteiger partial charge in [0.15, 0.2) is 0 Å². The van der Waals surface area contributed by atoms with Gasteiger partial charge in [0.2, 0.25) is 11.8 Å². The Hall–Kier alpha value is -5.03. The molecule has 1 fully saturated rings. The predicted octanol–water partition coefficient (Wildman–Crippen LogP) is 2.24. The number of morpholine rings is 1. The van der Waals surface area contributed by atoms with E-state index in [0.29, 0.717) is 5.56 Å². The molecule has 41 heavy (non-hydrogen) atoms. The quantitative estimate of drug-likeness (QED) is 0.255. The highest BCUT2D eigenvalue weighted by atomic mass is 16.5. The first-order valence-corrected chi connectivity index (χ1v) is 13.0. The van der Waals surface area contributed by atoms with Crippen LogP contribution in [0.4, 0.5) is 4.79 Å². The van der Waals surface area contributed by atoms with Gasteiger partial charge in [0.1, 0.15) is 18.5 Å². The van der Waals surface area contributed by atoms with E-state index in [1.54, 1.807) is 24.3 Å². The lowest BCUT2D eigenvalue weighted by Crippen LogP contribution is -2.56. The molecule has 3 aromatic rings. The zero-order valence-corrected chi connectivity index (χ0v) is 22.3. The van der Waals surface area contributed by atoms with Crippen LogP contribution >= 0.6 is 0 Å². The van der Waals surface area contributed by atoms with E-state index in [-0.39, 0.29) is 56.8 Å². The Bertz CT molecular complexity index is 1380. The SMILES string of the molecule is N/C(=N\C(=O)OCc1ccccc1)c1ccc(CNC(=O)C[C@H]2OCCN(NC(=O)Cc3ccccc3)C2=O)cc1. The van der Waals surface area contributed by atoms with Gasteiger partial charge >= 0.3 is 6.09 Å². The minimum atomic E-state index is -0.999. The van der Waals surface area contributed by atoms with Gasteiger partial charge in [-0.2, -0.15) is 4.99 Å². The molecule has 4 amide bonds. The molecular weight excluding hydrogens is 526 g/mol. The van der Waals surface area contributed by atoms with E-state index in [0.717, 1.165) is 16.7 Å². The van der Waals surface area contributed by atoms with Gasteiger partial charge in [-0.3, -0.25) is 19.8 Å². The van der Waals surface area contributed by atoms with Gasteiger partial charge in [-0.05, 0) is 16.7 Å². The number of nitrogens with zero attached hydrogens (tertiary/aromatic N) is 2. The van der Waals surface area contributed by atoms with Gasteiger partial charge in [-0.15, -0.1) is 0 Å². The van der Waals surface area contributed by atoms with Crippen LogP contribution in [0, 0.1) is 0 Å². The van der Waals surface area contributed by atoms with E-state index in [1.165, 1.54) is 5.01 Å². The lowest BCUT2D eigenvalue weighted by atomic mass is 10.1. The summed E-state index contributed by atoms with van der Waals surface area (Å²) in [6.07, 6.45) is -1.85. The van der Waals surface area contributed by atoms with E-state index in [2.05, 4.69) is 15.7 Å². The summed E-state index contributed by atoms with van der Waals surface area (Å²) in [5, 5.41) is 3.96. The Morgan fingerprint density at radius 2 is 1.56 bits per heavy atom. The van der Waals surface area contributed by atoms with Gasteiger partial charge in [0.25, 0.3) is 5.91 Å². The Morgan fingerprint density at radius 1 is 0.902 bits per heavy atom. The number of ether oxygens (including phenoxy) is 2. The summed E-state index contributed by atoms with van der Waals surface area (Å²) in [6, 6.07) is 25.2. The highest BCUT2D eigenvalue weighted by Gasteiger charge is 2.32. The molecule has 1 aliphatic rings. The van der Waals surface area contributed by atoms with Crippen LogP contribution in [0.1, 0.15) is 28.7 Å². The fourth-order valence-corrected chi connectivity index (χ4v) is 4.02. The standard InChI is InChI=1S/C30H31N5O6/c31-28(33-30(39)41-20-23-9-5-2-6-10-23)24-13-11-22(12-14-24)19-32-26(36)18-25-29(38)35(15-16-40-25)34-27(37)17-21-7-3-1-4-8-21/h1-14,25H,15-20H2,(H,32,36)(H,34,37)(H2,31,33,39)/t25-/m1/s1. The van der Waals surface area contributed by atoms with E-state index in [1.807, 2.05) is 60.7 Å². The maximum Gasteiger partial charge on any atom is 0.435 e. The van der Waals surface area contributed by atoms with Crippen LogP contribution < -0.4 is 16.5 Å². The molecule has 4 rings (SSSR count). The molecule has 1 heterocycles. The molecule has 1 atom stereocenters. The van der Waals surface area contributed by atoms with Gasteiger partial charge in [-0.25, -0.2) is 9.80 Å². The molecule has 11 nitrogen and oxygen atoms in total. The van der Waals surface area contributed by atoms with Crippen LogP contribution in [0.5, 0.6) is 0 Å². The van der Waals surface area contributed by atoms with Crippen LogP contribution in [0.2, 0.25) is 0 Å². The van der Waals surface area contributed by atoms with Crippen molar-refractivity contribution >= 4 is 29.7 Å². The van der Waals surface area contributed by atoms with Crippen molar-refractivity contribution in [3.8, 4) is 0 Å². The Kier molecular flexibility index (Phi) is 10.2. The molecule has 0 aliphatic carbocycles. The summed E-state index contributed by atoms with van der Waals surface area (Å²) >= 11 is 0. The van der Waals surface area contributed by atoms with Crippen molar-refractivity contribution in [1.29, 1.82) is 0 Å². The summed E-state index contributed by atoms with van der Waals surface area (Å²) in [6.45, 7) is 0.682. The number of hydrazine groups is 1. The van der Waals surface area contributed by atoms with Crippen molar-refractivity contribution in [2.24, 2.45) is 10.7 Å². The van der Waals surface area contributed by atoms with E-state index in [4.69, 9.17) is 15.2 Å². The number of hydrogen-bond acceptors (Lipinski definition) is 6. The average molecular weight is 558 g/mol. The smallest absolute Gasteiger partial charge is 0.435 e. The number of amidine groups is 1. The van der Waals surface area contributed by atoms with Gasteiger partial charge in [-0.1, -0.05) is 84.9 Å². The maximum atomic E-state index is 12.8. The lowest BCUT2D eigenvalue weighted by molar-refractivity contribution is -0.162. The number of nitrogens with one attached hydrogen (secondary N) is 2. The molecule has 1 saturated heterocycles. The molecule has 0 aromatic heterocycles. The van der Waals surface area contributed by atoms with Crippen molar-refractivity contribution in [3.63, 3.8) is 0 Å². The highest BCUT2D eigenvalue weighted by molar-refractivity contribution is 6.02. The molecular formula is C30H31N5O6. The van der Waals surface area contributed by atoms with Crippen molar-refractivity contribution in [3.05, 3.63) is 107 Å². The second kappa shape index (κ2) is 14.4. The second-order valence-corrected chi connectivity index (χ2v) is 9.26. The summed E-state index contributed by atoms with van der Waals surface area (Å²) in [4.78, 5) is 53.4. The third-order valence-electron chi connectivity index (χ3n) is 6.17. The van der Waals surface area contributed by atoms with Gasteiger partial charge in [0.05, 0.1) is 26.0 Å². The molecule has 0 unspecified atom stereocenters. The van der Waals surface area contributed by atoms with Crippen LogP contribution in [0.15, 0.2) is 89.9 Å². The van der Waals surface area contributed by atoms with Crippen molar-refractivity contribution in [2.45, 2.75) is 32.1 Å². The predicted molar refractivity (Wildman–Crippen MR) is 150 cm³/mol. The van der Waals surface area contributed by atoms with Crippen molar-refractivity contribution in [1.82, 2.24) is 15.8 Å². The molecule has 0 bridgehead atoms. The summed E-state index contributed by atoms with van der Waals surface area (Å²) in [5.74, 6) is -1.18. The largest absolute Gasteiger partial charge is 0.443 e. The number of carbonyl (C=O) groups excluding carboxylic acids is 4. The van der Waals surface area contributed by atoms with Gasteiger partial charge < -0.3 is 20.5 Å². The molecule has 0 saturated carbocycles. The summed E-state index contributed by atoms with van der Waals surface area (Å²) < 4.78 is 10.6. The van der Waals surface area contributed by atoms with Gasteiger partial charge in [0, 0.05) is 12.1 Å². The van der Waals surface area contributed by atoms with E-state index < -0.39 is 18.1 Å². The third-order valence-corrected chi connectivity index (χ3v) is 6.17. The fourth-order valence-electron chi connectivity index (χ4n) is 4.02. The monoisotopic (exact) mass is 557 g/mol. The number of aliphatic imine (C=N–C) groups is 1. The molecule has 4 N–H and O–H groups in total. The van der Waals surface area contributed by atoms with Crippen LogP contribution in [0.3, 0.4) is 0 Å². The number of benzene rings is 3. The second-order valence-electron chi connectivity index (χ2n) is 9.26. The van der Waals surface area contributed by atoms with E-state index >= 15 is 0 Å². The Labute approximate surface area is 237 Å². The first-order chi connectivity index (χ1) is 19.9. The minimum absolute atomic E-state index is 0.00650. The molecule has 11 heteroatoms. The number of amides is 4. The Balaban J connectivity index is 1.21. The zero-order chi connectivity index (χ0) is 29.0. The number of hydrogen-bond donors (Lipinski definition) is 3. The summed E-state index contributed by atoms with van der Waals surface area (Å²) in [7, 11) is 0. The molecule has 1 aliphatic heterocycles. The highest BCUT2D eigenvalue weighted by Crippen LogP contribution is 2.11. The normalized spacial score (nSPS) is 15.2. The lowest BCUT2D eigenvalue weighted by Gasteiger charge is -2.32. The molecule has 0 radical (unpaired) electrons. The first kappa shape index (κ1) is 29.0. The van der Waals surface area contributed by atoms with Crippen LogP contribution in [-0.2, 0) is 43.4 Å². The number of nitrogens with two attached hydrogens (primary N) is 1. The van der Waals surface area contributed by atoms with Crippen molar-refractivity contribution in [2.75, 3.05) is 13.2 Å². The van der Waals surface area contributed by atoms with Crippen LogP contribution in [0.25, 0.3) is 0 Å². The number of carbonyl (C=O) groups is 4. The zero-order valence-electron chi connectivity index (χ0n) is 22.3. The average Bonchev–Trinajstić information content (AvgIpc) is 2.98. The molecule has 3 aromatic carbocycles.